The molecule has 3 rings (SSSR count). The zero-order valence-electron chi connectivity index (χ0n) is 11.8. The minimum absolute atomic E-state index is 0.122. The molecular weight excluding hydrogens is 287 g/mol. The number of fused-ring (bicyclic) bond motifs is 1. The third-order valence-corrected chi connectivity index (χ3v) is 4.77. The van der Waals surface area contributed by atoms with Gasteiger partial charge in [-0.05, 0) is 29.9 Å². The fraction of sp³-hybridized carbons (Fsp3) is 0.312. The number of hydrogen-bond acceptors (Lipinski definition) is 4. The number of nitrogens with one attached hydrogen (secondary N) is 1. The Morgan fingerprint density at radius 3 is 3.14 bits per heavy atom. The lowest BCUT2D eigenvalue weighted by Crippen LogP contribution is -2.25. The molecule has 1 N–H and O–H groups in total. The monoisotopic (exact) mass is 304 g/mol. The predicted molar refractivity (Wildman–Crippen MR) is 82.1 cm³/mol. The van der Waals surface area contributed by atoms with Crippen LogP contribution in [0.4, 0.5) is 4.39 Å². The first kappa shape index (κ1) is 14.4. The molecule has 0 radical (unpaired) electrons. The average molecular weight is 304 g/mol. The van der Waals surface area contributed by atoms with Gasteiger partial charge in [-0.15, -0.1) is 11.8 Å². The van der Waals surface area contributed by atoms with Crippen molar-refractivity contribution >= 4 is 11.8 Å². The first-order valence-corrected chi connectivity index (χ1v) is 7.90. The van der Waals surface area contributed by atoms with Gasteiger partial charge in [-0.3, -0.25) is 0 Å². The van der Waals surface area contributed by atoms with Crippen LogP contribution in [0.5, 0.6) is 5.88 Å². The highest BCUT2D eigenvalue weighted by atomic mass is 32.2. The third kappa shape index (κ3) is 3.04. The van der Waals surface area contributed by atoms with E-state index in [-0.39, 0.29) is 11.9 Å². The average Bonchev–Trinajstić information content (AvgIpc) is 2.53. The van der Waals surface area contributed by atoms with Crippen molar-refractivity contribution in [2.24, 2.45) is 0 Å². The van der Waals surface area contributed by atoms with Crippen molar-refractivity contribution in [1.29, 1.82) is 0 Å². The summed E-state index contributed by atoms with van der Waals surface area (Å²) in [5.74, 6) is 1.44. The third-order valence-electron chi connectivity index (χ3n) is 3.61. The van der Waals surface area contributed by atoms with Crippen LogP contribution in [0.3, 0.4) is 0 Å². The smallest absolute Gasteiger partial charge is 0.217 e. The molecule has 1 atom stereocenters. The fourth-order valence-corrected chi connectivity index (χ4v) is 3.71. The fourth-order valence-electron chi connectivity index (χ4n) is 2.57. The topological polar surface area (TPSA) is 34.1 Å². The largest absolute Gasteiger partial charge is 0.481 e. The van der Waals surface area contributed by atoms with Gasteiger partial charge in [0.15, 0.2) is 0 Å². The highest BCUT2D eigenvalue weighted by molar-refractivity contribution is 7.99. The number of benzene rings is 1. The molecule has 1 aliphatic rings. The van der Waals surface area contributed by atoms with E-state index in [1.165, 1.54) is 6.07 Å². The Morgan fingerprint density at radius 2 is 2.29 bits per heavy atom. The van der Waals surface area contributed by atoms with Gasteiger partial charge >= 0.3 is 0 Å². The number of ether oxygens (including phenoxy) is 1. The van der Waals surface area contributed by atoms with Crippen LogP contribution in [0.15, 0.2) is 41.4 Å². The van der Waals surface area contributed by atoms with Crippen LogP contribution >= 0.6 is 11.8 Å². The zero-order valence-corrected chi connectivity index (χ0v) is 12.6. The Bertz CT molecular complexity index is 635. The molecule has 1 unspecified atom stereocenters. The summed E-state index contributed by atoms with van der Waals surface area (Å²) < 4.78 is 19.1. The van der Waals surface area contributed by atoms with E-state index in [0.717, 1.165) is 28.2 Å². The van der Waals surface area contributed by atoms with Crippen molar-refractivity contribution in [2.75, 3.05) is 12.9 Å². The highest BCUT2D eigenvalue weighted by Crippen LogP contribution is 2.37. The van der Waals surface area contributed by atoms with Gasteiger partial charge in [0.2, 0.25) is 5.88 Å². The second-order valence-electron chi connectivity index (χ2n) is 4.90. The molecule has 2 aromatic rings. The summed E-state index contributed by atoms with van der Waals surface area (Å²) in [5, 5.41) is 3.50. The van der Waals surface area contributed by atoms with Gasteiger partial charge in [-0.2, -0.15) is 0 Å². The van der Waals surface area contributed by atoms with Crippen LogP contribution in [0.1, 0.15) is 23.6 Å². The van der Waals surface area contributed by atoms with Crippen LogP contribution in [-0.2, 0) is 6.54 Å². The van der Waals surface area contributed by atoms with Gasteiger partial charge in [0.1, 0.15) is 5.82 Å². The zero-order chi connectivity index (χ0) is 14.7. The summed E-state index contributed by atoms with van der Waals surface area (Å²) in [4.78, 5) is 4.97. The van der Waals surface area contributed by atoms with Crippen LogP contribution in [0, 0.1) is 5.82 Å². The maximum Gasteiger partial charge on any atom is 0.217 e. The van der Waals surface area contributed by atoms with Gasteiger partial charge in [0.25, 0.3) is 0 Å². The molecule has 0 amide bonds. The van der Waals surface area contributed by atoms with Gasteiger partial charge in [0, 0.05) is 29.2 Å². The second-order valence-corrected chi connectivity index (χ2v) is 6.01. The molecule has 21 heavy (non-hydrogen) atoms. The maximum absolute atomic E-state index is 13.8. The van der Waals surface area contributed by atoms with Crippen LogP contribution < -0.4 is 10.1 Å². The summed E-state index contributed by atoms with van der Waals surface area (Å²) in [6.45, 7) is 0.655. The molecule has 1 aromatic carbocycles. The molecule has 110 valence electrons. The van der Waals surface area contributed by atoms with Crippen molar-refractivity contribution < 1.29 is 9.13 Å². The van der Waals surface area contributed by atoms with E-state index in [9.17, 15) is 4.39 Å². The first-order chi connectivity index (χ1) is 10.3. The van der Waals surface area contributed by atoms with Gasteiger partial charge in [-0.1, -0.05) is 18.2 Å². The summed E-state index contributed by atoms with van der Waals surface area (Å²) in [6, 6.07) is 9.36. The number of thioether (sulfide) groups is 1. The van der Waals surface area contributed by atoms with Crippen molar-refractivity contribution in [3.63, 3.8) is 0 Å². The van der Waals surface area contributed by atoms with Crippen molar-refractivity contribution in [3.8, 4) is 5.88 Å². The van der Waals surface area contributed by atoms with Crippen LogP contribution in [-0.4, -0.2) is 17.8 Å². The van der Waals surface area contributed by atoms with E-state index in [1.54, 1.807) is 31.1 Å². The SMILES string of the molecule is COc1ncccc1CNC1CCSc2c(F)cccc21. The number of rotatable bonds is 4. The normalized spacial score (nSPS) is 17.3. The van der Waals surface area contributed by atoms with Gasteiger partial charge < -0.3 is 10.1 Å². The molecule has 0 spiro atoms. The Kier molecular flexibility index (Phi) is 4.41. The maximum atomic E-state index is 13.8. The van der Waals surface area contributed by atoms with E-state index in [0.29, 0.717) is 12.4 Å². The van der Waals surface area contributed by atoms with Crippen molar-refractivity contribution in [3.05, 3.63) is 53.5 Å². The first-order valence-electron chi connectivity index (χ1n) is 6.92. The van der Waals surface area contributed by atoms with E-state index in [2.05, 4.69) is 10.3 Å². The number of pyridine rings is 1. The van der Waals surface area contributed by atoms with Gasteiger partial charge in [-0.25, -0.2) is 9.37 Å². The van der Waals surface area contributed by atoms with Crippen molar-refractivity contribution in [1.82, 2.24) is 10.3 Å². The number of halogens is 1. The lowest BCUT2D eigenvalue weighted by Gasteiger charge is -2.26. The van der Waals surface area contributed by atoms with E-state index in [1.807, 2.05) is 18.2 Å². The number of aromatic nitrogens is 1. The Labute approximate surface area is 127 Å². The summed E-state index contributed by atoms with van der Waals surface area (Å²) >= 11 is 1.60. The van der Waals surface area contributed by atoms with Crippen LogP contribution in [0.25, 0.3) is 0 Å². The summed E-state index contributed by atoms with van der Waals surface area (Å²) in [7, 11) is 1.62. The number of nitrogens with zero attached hydrogens (tertiary/aromatic N) is 1. The standard InChI is InChI=1S/C16H17FN2OS/c1-20-16-11(4-3-8-18-16)10-19-14-7-9-21-15-12(14)5-2-6-13(15)17/h2-6,8,14,19H,7,9-10H2,1H3. The molecule has 3 nitrogen and oxygen atoms in total. The van der Waals surface area contributed by atoms with E-state index >= 15 is 0 Å². The minimum Gasteiger partial charge on any atom is -0.481 e. The minimum atomic E-state index is -0.122. The van der Waals surface area contributed by atoms with E-state index in [4.69, 9.17) is 4.74 Å². The van der Waals surface area contributed by atoms with Crippen LogP contribution in [0.2, 0.25) is 0 Å². The summed E-state index contributed by atoms with van der Waals surface area (Å²) in [6.07, 6.45) is 2.70. The Morgan fingerprint density at radius 1 is 1.38 bits per heavy atom. The number of methoxy groups -OCH3 is 1. The Balaban J connectivity index is 1.77. The van der Waals surface area contributed by atoms with Gasteiger partial charge in [0.05, 0.1) is 7.11 Å². The second kappa shape index (κ2) is 6.45. The lowest BCUT2D eigenvalue weighted by molar-refractivity contribution is 0.387. The summed E-state index contributed by atoms with van der Waals surface area (Å²) in [5.41, 5.74) is 2.06. The quantitative estimate of drug-likeness (QED) is 0.936. The number of hydrogen-bond donors (Lipinski definition) is 1. The van der Waals surface area contributed by atoms with Crippen molar-refractivity contribution in [2.45, 2.75) is 23.9 Å². The molecular formula is C16H17FN2OS. The molecule has 0 fully saturated rings. The molecule has 0 saturated carbocycles. The molecule has 0 saturated heterocycles. The molecule has 1 aromatic heterocycles. The molecule has 1 aliphatic heterocycles. The highest BCUT2D eigenvalue weighted by Gasteiger charge is 2.22. The molecule has 5 heteroatoms. The molecule has 2 heterocycles. The Hall–Kier alpha value is -1.59. The molecule has 0 aliphatic carbocycles. The predicted octanol–water partition coefficient (Wildman–Crippen LogP) is 3.56. The molecule has 0 bridgehead atoms. The lowest BCUT2D eigenvalue weighted by atomic mass is 10.0. The van der Waals surface area contributed by atoms with E-state index < -0.39 is 0 Å².